The molecule has 0 saturated carbocycles. The Balaban J connectivity index is 2.16. The van der Waals surface area contributed by atoms with Crippen molar-refractivity contribution >= 4 is 23.7 Å². The van der Waals surface area contributed by atoms with Crippen molar-refractivity contribution in [2.45, 2.75) is 45.4 Å². The van der Waals surface area contributed by atoms with Crippen LogP contribution >= 0.6 is 0 Å². The number of hydrogen-bond donors (Lipinski definition) is 2. The van der Waals surface area contributed by atoms with Crippen molar-refractivity contribution in [3.05, 3.63) is 69.8 Å². The lowest BCUT2D eigenvalue weighted by Gasteiger charge is -2.23. The van der Waals surface area contributed by atoms with E-state index in [9.17, 15) is 24.5 Å². The molecule has 0 unspecified atom stereocenters. The molecule has 0 spiro atoms. The summed E-state index contributed by atoms with van der Waals surface area (Å²) in [6.45, 7) is 3.78. The minimum absolute atomic E-state index is 0.0278. The number of ether oxygens (including phenoxy) is 3. The summed E-state index contributed by atoms with van der Waals surface area (Å²) < 4.78 is 15.3. The summed E-state index contributed by atoms with van der Waals surface area (Å²) in [4.78, 5) is 48.6. The lowest BCUT2D eigenvalue weighted by atomic mass is 10.0. The molecule has 2 N–H and O–H groups in total. The van der Waals surface area contributed by atoms with Gasteiger partial charge in [0.1, 0.15) is 24.4 Å². The predicted octanol–water partition coefficient (Wildman–Crippen LogP) is 3.14. The summed E-state index contributed by atoms with van der Waals surface area (Å²) in [5.41, 5.74) is 0.925. The first-order chi connectivity index (χ1) is 17.1. The van der Waals surface area contributed by atoms with Gasteiger partial charge in [-0.25, -0.2) is 9.59 Å². The SMILES string of the molecule is COC(=O)[C@H](Cc1cc([N+](=O)[O-])ccc1OC)NC(=O)[C@H](CC(C)C)NC(=O)OCc1ccccc1. The van der Waals surface area contributed by atoms with Gasteiger partial charge < -0.3 is 24.8 Å². The van der Waals surface area contributed by atoms with Gasteiger partial charge in [-0.1, -0.05) is 44.2 Å². The summed E-state index contributed by atoms with van der Waals surface area (Å²) in [6, 6.07) is 10.8. The van der Waals surface area contributed by atoms with Crippen LogP contribution in [0.15, 0.2) is 48.5 Å². The highest BCUT2D eigenvalue weighted by molar-refractivity contribution is 5.89. The molecular formula is C25H31N3O8. The third kappa shape index (κ3) is 8.57. The Bertz CT molecular complexity index is 1060. The molecule has 0 aliphatic carbocycles. The van der Waals surface area contributed by atoms with Crippen molar-refractivity contribution in [2.75, 3.05) is 14.2 Å². The van der Waals surface area contributed by atoms with Crippen LogP contribution in [0.4, 0.5) is 10.5 Å². The van der Waals surface area contributed by atoms with Gasteiger partial charge >= 0.3 is 12.1 Å². The first-order valence-electron chi connectivity index (χ1n) is 11.3. The molecule has 0 saturated heterocycles. The van der Waals surface area contributed by atoms with Crippen molar-refractivity contribution in [3.63, 3.8) is 0 Å². The molecule has 2 amide bonds. The zero-order valence-corrected chi connectivity index (χ0v) is 20.7. The number of nitrogens with zero attached hydrogens (tertiary/aromatic N) is 1. The Morgan fingerprint density at radius 3 is 2.28 bits per heavy atom. The molecule has 11 heteroatoms. The van der Waals surface area contributed by atoms with E-state index in [1.54, 1.807) is 12.1 Å². The fourth-order valence-corrected chi connectivity index (χ4v) is 3.48. The molecule has 2 aromatic rings. The van der Waals surface area contributed by atoms with Crippen molar-refractivity contribution < 1.29 is 33.5 Å². The van der Waals surface area contributed by atoms with Crippen molar-refractivity contribution in [2.24, 2.45) is 5.92 Å². The summed E-state index contributed by atoms with van der Waals surface area (Å²) in [5.74, 6) is -1.04. The Labute approximate surface area is 209 Å². The largest absolute Gasteiger partial charge is 0.496 e. The molecule has 36 heavy (non-hydrogen) atoms. The van der Waals surface area contributed by atoms with Gasteiger partial charge in [-0.05, 0) is 24.0 Å². The molecule has 11 nitrogen and oxygen atoms in total. The lowest BCUT2D eigenvalue weighted by Crippen LogP contribution is -2.53. The number of nitro benzene ring substituents is 1. The minimum Gasteiger partial charge on any atom is -0.496 e. The van der Waals surface area contributed by atoms with Crippen molar-refractivity contribution in [1.82, 2.24) is 10.6 Å². The smallest absolute Gasteiger partial charge is 0.408 e. The Kier molecular flexibility index (Phi) is 10.7. The highest BCUT2D eigenvalue weighted by atomic mass is 16.6. The highest BCUT2D eigenvalue weighted by Gasteiger charge is 2.29. The Morgan fingerprint density at radius 2 is 1.69 bits per heavy atom. The summed E-state index contributed by atoms with van der Waals surface area (Å²) >= 11 is 0. The van der Waals surface area contributed by atoms with Crippen molar-refractivity contribution in [3.8, 4) is 5.75 Å². The molecule has 194 valence electrons. The molecular weight excluding hydrogens is 470 g/mol. The zero-order chi connectivity index (χ0) is 26.7. The first kappa shape index (κ1) is 28.1. The first-order valence-corrected chi connectivity index (χ1v) is 11.3. The minimum atomic E-state index is -1.18. The third-order valence-electron chi connectivity index (χ3n) is 5.23. The van der Waals surface area contributed by atoms with Gasteiger partial charge in [-0.15, -0.1) is 0 Å². The monoisotopic (exact) mass is 501 g/mol. The molecule has 0 aliphatic heterocycles. The van der Waals surface area contributed by atoms with Crippen LogP contribution in [-0.2, 0) is 32.1 Å². The molecule has 0 aliphatic rings. The second-order valence-corrected chi connectivity index (χ2v) is 8.43. The van der Waals surface area contributed by atoms with Crippen LogP contribution in [0.2, 0.25) is 0 Å². The molecule has 0 radical (unpaired) electrons. The van der Waals surface area contributed by atoms with Crippen LogP contribution in [0.5, 0.6) is 5.75 Å². The number of esters is 1. The van der Waals surface area contributed by atoms with Gasteiger partial charge in [0.2, 0.25) is 5.91 Å². The Morgan fingerprint density at radius 1 is 1.00 bits per heavy atom. The standard InChI is InChI=1S/C25H31N3O8/c1-16(2)12-20(27-25(31)36-15-17-8-6-5-7-9-17)23(29)26-21(24(30)35-4)14-18-13-19(28(32)33)10-11-22(18)34-3/h5-11,13,16,20-21H,12,14-15H2,1-4H3,(H,26,29)(H,27,31)/t20-,21-/m0/s1. The van der Waals surface area contributed by atoms with Crippen LogP contribution in [0.25, 0.3) is 0 Å². The number of hydrogen-bond acceptors (Lipinski definition) is 8. The number of benzene rings is 2. The lowest BCUT2D eigenvalue weighted by molar-refractivity contribution is -0.384. The summed E-state index contributed by atoms with van der Waals surface area (Å²) in [5, 5.41) is 16.3. The molecule has 2 rings (SSSR count). The van der Waals surface area contributed by atoms with E-state index in [2.05, 4.69) is 10.6 Å². The molecule has 0 bridgehead atoms. The fourth-order valence-electron chi connectivity index (χ4n) is 3.48. The number of methoxy groups -OCH3 is 2. The number of amides is 2. The molecule has 2 atom stereocenters. The van der Waals surface area contributed by atoms with E-state index in [0.717, 1.165) is 12.7 Å². The number of nitro groups is 1. The van der Waals surface area contributed by atoms with E-state index >= 15 is 0 Å². The maximum Gasteiger partial charge on any atom is 0.408 e. The maximum atomic E-state index is 13.1. The highest BCUT2D eigenvalue weighted by Crippen LogP contribution is 2.25. The maximum absolute atomic E-state index is 13.1. The zero-order valence-electron chi connectivity index (χ0n) is 20.7. The van der Waals surface area contributed by atoms with E-state index in [1.165, 1.54) is 25.3 Å². The molecule has 2 aromatic carbocycles. The van der Waals surface area contributed by atoms with Gasteiger partial charge in [-0.3, -0.25) is 14.9 Å². The van der Waals surface area contributed by atoms with Crippen LogP contribution < -0.4 is 15.4 Å². The Hall–Kier alpha value is -4.15. The molecule has 0 fully saturated rings. The number of rotatable bonds is 12. The van der Waals surface area contributed by atoms with Crippen molar-refractivity contribution in [1.29, 1.82) is 0 Å². The van der Waals surface area contributed by atoms with Gasteiger partial charge in [0, 0.05) is 24.1 Å². The second-order valence-electron chi connectivity index (χ2n) is 8.43. The quantitative estimate of drug-likeness (QED) is 0.256. The van der Waals surface area contributed by atoms with Crippen LogP contribution in [0.3, 0.4) is 0 Å². The molecule has 0 aromatic heterocycles. The van der Waals surface area contributed by atoms with Gasteiger partial charge in [0.05, 0.1) is 19.1 Å². The van der Waals surface area contributed by atoms with E-state index in [-0.39, 0.29) is 31.1 Å². The number of carbonyl (C=O) groups excluding carboxylic acids is 3. The average molecular weight is 502 g/mol. The fraction of sp³-hybridized carbons (Fsp3) is 0.400. The number of carbonyl (C=O) groups is 3. The number of non-ortho nitro benzene ring substituents is 1. The van der Waals surface area contributed by atoms with E-state index < -0.39 is 35.0 Å². The van der Waals surface area contributed by atoms with Crippen LogP contribution in [0.1, 0.15) is 31.4 Å². The van der Waals surface area contributed by atoms with Gasteiger partial charge in [0.15, 0.2) is 0 Å². The van der Waals surface area contributed by atoms with E-state index in [0.29, 0.717) is 11.3 Å². The summed E-state index contributed by atoms with van der Waals surface area (Å²) in [6.07, 6.45) is -0.634. The van der Waals surface area contributed by atoms with E-state index in [4.69, 9.17) is 14.2 Å². The number of nitrogens with one attached hydrogen (secondary N) is 2. The average Bonchev–Trinajstić information content (AvgIpc) is 2.86. The normalized spacial score (nSPS) is 12.2. The van der Waals surface area contributed by atoms with Gasteiger partial charge in [0.25, 0.3) is 5.69 Å². The summed E-state index contributed by atoms with van der Waals surface area (Å²) in [7, 11) is 2.55. The van der Waals surface area contributed by atoms with Crippen LogP contribution in [0, 0.1) is 16.0 Å². The van der Waals surface area contributed by atoms with E-state index in [1.807, 2.05) is 32.0 Å². The van der Waals surface area contributed by atoms with Gasteiger partial charge in [-0.2, -0.15) is 0 Å². The number of alkyl carbamates (subject to hydrolysis) is 1. The predicted molar refractivity (Wildman–Crippen MR) is 130 cm³/mol. The second kappa shape index (κ2) is 13.7. The third-order valence-corrected chi connectivity index (χ3v) is 5.23. The molecule has 0 heterocycles. The topological polar surface area (TPSA) is 146 Å². The van der Waals surface area contributed by atoms with Crippen LogP contribution in [-0.4, -0.2) is 49.2 Å².